The second kappa shape index (κ2) is 10.9. The van der Waals surface area contributed by atoms with Crippen LogP contribution in [0.4, 0.5) is 65.9 Å². The Morgan fingerprint density at radius 1 is 0.571 bits per heavy atom. The summed E-state index contributed by atoms with van der Waals surface area (Å²) in [6, 6.07) is 0. The summed E-state index contributed by atoms with van der Waals surface area (Å²) >= 11 is 0. The molecule has 0 saturated heterocycles. The molecule has 0 aliphatic rings. The van der Waals surface area contributed by atoms with Crippen molar-refractivity contribution >= 4 is 46.0 Å². The fourth-order valence-corrected chi connectivity index (χ4v) is 6.51. The number of hydrogen-bond acceptors (Lipinski definition) is 9. The lowest BCUT2D eigenvalue weighted by molar-refractivity contribution is -0.276. The van der Waals surface area contributed by atoms with Crippen LogP contribution in [0.2, 0.25) is 0 Å². The van der Waals surface area contributed by atoms with E-state index in [4.69, 9.17) is 0 Å². The summed E-state index contributed by atoms with van der Waals surface area (Å²) in [4.78, 5) is 10.8. The highest BCUT2D eigenvalue weighted by molar-refractivity contribution is 8.05. The Hall–Kier alpha value is -1.86. The molecule has 0 aliphatic heterocycles. The fourth-order valence-electron chi connectivity index (χ4n) is 1.96. The van der Waals surface area contributed by atoms with E-state index in [1.807, 2.05) is 0 Å². The van der Waals surface area contributed by atoms with Crippen LogP contribution in [0.1, 0.15) is 6.42 Å². The van der Waals surface area contributed by atoms with Gasteiger partial charge in [0.05, 0.1) is 12.8 Å². The van der Waals surface area contributed by atoms with Crippen molar-refractivity contribution in [3.05, 3.63) is 0 Å². The first-order valence-electron chi connectivity index (χ1n) is 8.87. The molecule has 31 heteroatoms. The minimum Gasteiger partial charge on any atom is -0.274 e. The van der Waals surface area contributed by atoms with Gasteiger partial charge in [0.15, 0.2) is 0 Å². The molecule has 42 heavy (non-hydrogen) atoms. The summed E-state index contributed by atoms with van der Waals surface area (Å²) < 4.78 is 289. The SMILES string of the molecule is CS(=O)(=O)NS(=O)(=O)C(F)(F)C(F)(F)C(F)(F)S(=O)(=O)NCC(F)(F)C(F)(F)C(F)(F)S(=O)(=O)NC(=O)CC(F)(F)F. The molecule has 0 fully saturated rings. The second-order valence-electron chi connectivity index (χ2n) is 7.41. The zero-order valence-corrected chi connectivity index (χ0v) is 22.2. The number of nitrogens with one attached hydrogen (secondary N) is 3. The van der Waals surface area contributed by atoms with Crippen molar-refractivity contribution in [2.45, 2.75) is 46.1 Å². The highest BCUT2D eigenvalue weighted by atomic mass is 32.3. The van der Waals surface area contributed by atoms with E-state index in [2.05, 4.69) is 0 Å². The highest BCUT2D eigenvalue weighted by Crippen LogP contribution is 2.51. The van der Waals surface area contributed by atoms with Gasteiger partial charge in [0.1, 0.15) is 6.42 Å². The molecule has 0 bridgehead atoms. The molecule has 0 unspecified atom stereocenters. The van der Waals surface area contributed by atoms with Crippen LogP contribution in [0.25, 0.3) is 0 Å². The van der Waals surface area contributed by atoms with Crippen molar-refractivity contribution in [3.63, 3.8) is 0 Å². The molecule has 0 rings (SSSR count). The standard InChI is InChI=1S/C11H10F15N3O9S4/c1-39(31,32)29-42(37,38)11(25,26)8(19,20)10(23,24)40(33,34)27-3-5(12,13)7(17,18)9(21,22)41(35,36)28-4(30)2-6(14,15)16/h27,29H,2-3H2,1H3,(H,28,30). The highest BCUT2D eigenvalue weighted by Gasteiger charge is 2.83. The molecule has 0 saturated carbocycles. The maximum Gasteiger partial charge on any atom is 0.431 e. The van der Waals surface area contributed by atoms with Gasteiger partial charge >= 0.3 is 49.7 Å². The minimum atomic E-state index is -8.08. The first kappa shape index (κ1) is 40.1. The third-order valence-corrected chi connectivity index (χ3v) is 9.83. The van der Waals surface area contributed by atoms with E-state index in [9.17, 15) is 104 Å². The van der Waals surface area contributed by atoms with Crippen molar-refractivity contribution in [3.8, 4) is 0 Å². The van der Waals surface area contributed by atoms with E-state index in [0.29, 0.717) is 0 Å². The normalized spacial score (nSPS) is 15.9. The van der Waals surface area contributed by atoms with Gasteiger partial charge in [-0.3, -0.25) is 4.79 Å². The Kier molecular flexibility index (Phi) is 10.5. The Balaban J connectivity index is 6.44. The summed E-state index contributed by atoms with van der Waals surface area (Å²) in [5, 5.41) is -22.7. The van der Waals surface area contributed by atoms with Gasteiger partial charge in [-0.2, -0.15) is 74.3 Å². The van der Waals surface area contributed by atoms with Gasteiger partial charge in [-0.1, -0.05) is 0 Å². The first-order chi connectivity index (χ1) is 17.8. The Bertz CT molecular complexity index is 1490. The lowest BCUT2D eigenvalue weighted by atomic mass is 10.2. The average molecular weight is 741 g/mol. The van der Waals surface area contributed by atoms with Crippen LogP contribution in [-0.4, -0.2) is 92.1 Å². The van der Waals surface area contributed by atoms with Crippen LogP contribution in [0, 0.1) is 0 Å². The largest absolute Gasteiger partial charge is 0.431 e. The van der Waals surface area contributed by atoms with Crippen LogP contribution in [0.3, 0.4) is 0 Å². The minimum absolute atomic E-state index is 0.288. The van der Waals surface area contributed by atoms with E-state index in [1.165, 1.54) is 0 Å². The van der Waals surface area contributed by atoms with E-state index >= 15 is 0 Å². The molecule has 0 aliphatic carbocycles. The molecule has 0 atom stereocenters. The molecule has 0 aromatic rings. The fraction of sp³-hybridized carbons (Fsp3) is 0.909. The molecule has 12 nitrogen and oxygen atoms in total. The van der Waals surface area contributed by atoms with Gasteiger partial charge in [0.25, 0.3) is 20.0 Å². The molecular weight excluding hydrogens is 731 g/mol. The van der Waals surface area contributed by atoms with Crippen LogP contribution in [0.5, 0.6) is 0 Å². The zero-order valence-electron chi connectivity index (χ0n) is 18.9. The molecule has 0 aromatic carbocycles. The van der Waals surface area contributed by atoms with Crippen molar-refractivity contribution < 1.29 is 104 Å². The van der Waals surface area contributed by atoms with Crippen molar-refractivity contribution in [2.24, 2.45) is 0 Å². The van der Waals surface area contributed by atoms with Crippen molar-refractivity contribution in [1.82, 2.24) is 13.6 Å². The molecule has 3 N–H and O–H groups in total. The predicted molar refractivity (Wildman–Crippen MR) is 101 cm³/mol. The van der Waals surface area contributed by atoms with Gasteiger partial charge in [-0.15, -0.1) is 4.13 Å². The maximum atomic E-state index is 13.9. The van der Waals surface area contributed by atoms with E-state index in [-0.39, 0.29) is 10.4 Å². The average Bonchev–Trinajstić information content (AvgIpc) is 2.67. The molecule has 0 heterocycles. The predicted octanol–water partition coefficient (Wildman–Crippen LogP) is 0.868. The molecule has 0 radical (unpaired) electrons. The number of amides is 1. The van der Waals surface area contributed by atoms with Crippen LogP contribution < -0.4 is 13.6 Å². The quantitative estimate of drug-likeness (QED) is 0.217. The number of alkyl halides is 15. The van der Waals surface area contributed by atoms with Gasteiger partial charge in [-0.25, -0.2) is 34.7 Å². The van der Waals surface area contributed by atoms with Crippen molar-refractivity contribution in [1.29, 1.82) is 0 Å². The lowest BCUT2D eigenvalue weighted by Gasteiger charge is -2.34. The molecule has 0 spiro atoms. The van der Waals surface area contributed by atoms with E-state index in [0.717, 1.165) is 0 Å². The van der Waals surface area contributed by atoms with Crippen molar-refractivity contribution in [2.75, 3.05) is 12.8 Å². The monoisotopic (exact) mass is 741 g/mol. The van der Waals surface area contributed by atoms with Gasteiger partial charge in [0.2, 0.25) is 15.9 Å². The molecular formula is C11H10F15N3O9S4. The Labute approximate surface area is 223 Å². The number of carbonyl (C=O) groups is 1. The Morgan fingerprint density at radius 2 is 0.929 bits per heavy atom. The second-order valence-corrected chi connectivity index (χ2v) is 14.7. The van der Waals surface area contributed by atoms with E-state index < -0.39 is 108 Å². The summed E-state index contributed by atoms with van der Waals surface area (Å²) in [7, 11) is -28.9. The van der Waals surface area contributed by atoms with Gasteiger partial charge < -0.3 is 0 Å². The Morgan fingerprint density at radius 3 is 1.29 bits per heavy atom. The van der Waals surface area contributed by atoms with Crippen LogP contribution in [0.15, 0.2) is 0 Å². The van der Waals surface area contributed by atoms with Crippen LogP contribution in [-0.2, 0) is 44.9 Å². The summed E-state index contributed by atoms with van der Waals surface area (Å²) in [5.74, 6) is -25.7. The number of sulfonamides is 4. The van der Waals surface area contributed by atoms with Gasteiger partial charge in [0, 0.05) is 0 Å². The lowest BCUT2D eigenvalue weighted by Crippen LogP contribution is -2.67. The number of rotatable bonds is 14. The number of hydrogen-bond donors (Lipinski definition) is 3. The third-order valence-electron chi connectivity index (χ3n) is 3.92. The van der Waals surface area contributed by atoms with E-state index in [1.54, 1.807) is 0 Å². The molecule has 1 amide bonds. The first-order valence-corrected chi connectivity index (χ1v) is 15.2. The summed E-state index contributed by atoms with van der Waals surface area (Å²) in [6.45, 7) is -4.03. The smallest absolute Gasteiger partial charge is 0.274 e. The van der Waals surface area contributed by atoms with Gasteiger partial charge in [-0.05, 0) is 0 Å². The zero-order chi connectivity index (χ0) is 34.6. The van der Waals surface area contributed by atoms with Crippen LogP contribution >= 0.6 is 0 Å². The number of carbonyl (C=O) groups excluding carboxylic acids is 1. The topological polar surface area (TPSA) is 190 Å². The molecule has 0 aromatic heterocycles. The molecule has 252 valence electrons. The summed E-state index contributed by atoms with van der Waals surface area (Å²) in [5.41, 5.74) is 0. The summed E-state index contributed by atoms with van der Waals surface area (Å²) in [6.07, 6.45) is -9.04. The third kappa shape index (κ3) is 7.43. The number of halogens is 15. The maximum absolute atomic E-state index is 13.9.